The maximum Gasteiger partial charge on any atom is 0.231 e. The largest absolute Gasteiger partial charge is 0.487 e. The quantitative estimate of drug-likeness (QED) is 0.737. The zero-order valence-corrected chi connectivity index (χ0v) is 18.0. The van der Waals surface area contributed by atoms with E-state index in [0.29, 0.717) is 16.5 Å². The Labute approximate surface area is 171 Å². The van der Waals surface area contributed by atoms with Crippen LogP contribution in [0.4, 0.5) is 11.4 Å². The second-order valence-electron chi connectivity index (χ2n) is 7.54. The smallest absolute Gasteiger partial charge is 0.231 e. The highest BCUT2D eigenvalue weighted by atomic mass is 32.2. The summed E-state index contributed by atoms with van der Waals surface area (Å²) in [5.41, 5.74) is 2.04. The number of benzene rings is 2. The number of nitrogens with zero attached hydrogens (tertiary/aromatic N) is 1. The summed E-state index contributed by atoms with van der Waals surface area (Å²) in [5, 5.41) is 6.99. The Morgan fingerprint density at radius 3 is 2.64 bits per heavy atom. The van der Waals surface area contributed by atoms with Gasteiger partial charge in [0.25, 0.3) is 0 Å². The van der Waals surface area contributed by atoms with E-state index >= 15 is 0 Å². The normalized spacial score (nSPS) is 17.8. The first-order chi connectivity index (χ1) is 13.0. The van der Waals surface area contributed by atoms with Gasteiger partial charge in [-0.25, -0.2) is 8.42 Å². The van der Waals surface area contributed by atoms with Gasteiger partial charge in [0.05, 0.1) is 18.0 Å². The Balaban J connectivity index is 1.75. The molecule has 3 rings (SSSR count). The fourth-order valence-electron chi connectivity index (χ4n) is 3.23. The molecular weight excluding hydrogens is 394 g/mol. The van der Waals surface area contributed by atoms with Crippen molar-refractivity contribution in [2.24, 2.45) is 0 Å². The van der Waals surface area contributed by atoms with Crippen LogP contribution in [0.5, 0.6) is 5.75 Å². The second-order valence-corrected chi connectivity index (χ2v) is 9.96. The maximum atomic E-state index is 11.8. The molecule has 1 aliphatic rings. The van der Waals surface area contributed by atoms with Crippen molar-refractivity contribution in [3.8, 4) is 5.75 Å². The van der Waals surface area contributed by atoms with Crippen LogP contribution in [0.3, 0.4) is 0 Å². The van der Waals surface area contributed by atoms with Gasteiger partial charge >= 0.3 is 0 Å². The number of hydrogen-bond donors (Lipinski definition) is 2. The van der Waals surface area contributed by atoms with Crippen LogP contribution in [0, 0.1) is 0 Å². The van der Waals surface area contributed by atoms with Crippen molar-refractivity contribution in [3.05, 3.63) is 54.1 Å². The van der Waals surface area contributed by atoms with Gasteiger partial charge in [-0.15, -0.1) is 0 Å². The SMILES string of the molecule is CN(c1cccc(NC(=S)N[C@H]2CC(C)(C)Oc3ccccc32)c1)S(C)(=O)=O. The molecule has 8 heteroatoms. The molecule has 0 radical (unpaired) electrons. The first-order valence-electron chi connectivity index (χ1n) is 8.95. The van der Waals surface area contributed by atoms with Gasteiger partial charge in [-0.2, -0.15) is 0 Å². The fraction of sp³-hybridized carbons (Fsp3) is 0.350. The molecule has 0 aromatic heterocycles. The fourth-order valence-corrected chi connectivity index (χ4v) is 3.98. The minimum Gasteiger partial charge on any atom is -0.487 e. The molecule has 150 valence electrons. The number of fused-ring (bicyclic) bond motifs is 1. The minimum atomic E-state index is -3.33. The summed E-state index contributed by atoms with van der Waals surface area (Å²) >= 11 is 5.51. The Kier molecular flexibility index (Phi) is 5.54. The van der Waals surface area contributed by atoms with Gasteiger partial charge in [-0.05, 0) is 50.3 Å². The molecule has 0 aliphatic carbocycles. The van der Waals surface area contributed by atoms with Crippen molar-refractivity contribution in [3.63, 3.8) is 0 Å². The highest BCUT2D eigenvalue weighted by molar-refractivity contribution is 7.92. The van der Waals surface area contributed by atoms with E-state index in [9.17, 15) is 8.42 Å². The molecule has 0 amide bonds. The van der Waals surface area contributed by atoms with Crippen LogP contribution in [-0.2, 0) is 10.0 Å². The average Bonchev–Trinajstić information content (AvgIpc) is 2.59. The van der Waals surface area contributed by atoms with Gasteiger partial charge in [-0.1, -0.05) is 24.3 Å². The lowest BCUT2D eigenvalue weighted by Gasteiger charge is -2.38. The zero-order valence-electron chi connectivity index (χ0n) is 16.4. The Morgan fingerprint density at radius 2 is 1.93 bits per heavy atom. The summed E-state index contributed by atoms with van der Waals surface area (Å²) in [7, 11) is -1.81. The standard InChI is InChI=1S/C20H25N3O3S2/c1-20(2)13-17(16-10-5-6-11-18(16)26-20)22-19(27)21-14-8-7-9-15(12-14)23(3)28(4,24)25/h5-12,17H,13H2,1-4H3,(H2,21,22,27)/t17-/m0/s1. The molecule has 28 heavy (non-hydrogen) atoms. The molecule has 1 atom stereocenters. The maximum absolute atomic E-state index is 11.8. The topological polar surface area (TPSA) is 70.7 Å². The molecule has 1 aliphatic heterocycles. The number of nitrogens with one attached hydrogen (secondary N) is 2. The summed E-state index contributed by atoms with van der Waals surface area (Å²) in [4.78, 5) is 0. The van der Waals surface area contributed by atoms with E-state index in [-0.39, 0.29) is 11.6 Å². The lowest BCUT2D eigenvalue weighted by atomic mass is 9.90. The van der Waals surface area contributed by atoms with Crippen LogP contribution < -0.4 is 19.7 Å². The predicted octanol–water partition coefficient (Wildman–Crippen LogP) is 3.67. The van der Waals surface area contributed by atoms with Gasteiger partial charge in [0.15, 0.2) is 5.11 Å². The van der Waals surface area contributed by atoms with Crippen LogP contribution >= 0.6 is 12.2 Å². The van der Waals surface area contributed by atoms with Crippen molar-refractivity contribution < 1.29 is 13.2 Å². The van der Waals surface area contributed by atoms with Gasteiger partial charge in [0, 0.05) is 24.7 Å². The van der Waals surface area contributed by atoms with Gasteiger partial charge < -0.3 is 15.4 Å². The molecule has 2 aromatic carbocycles. The van der Waals surface area contributed by atoms with Crippen LogP contribution in [0.2, 0.25) is 0 Å². The van der Waals surface area contributed by atoms with E-state index < -0.39 is 10.0 Å². The predicted molar refractivity (Wildman–Crippen MR) is 118 cm³/mol. The van der Waals surface area contributed by atoms with Crippen LogP contribution in [0.15, 0.2) is 48.5 Å². The number of rotatable bonds is 4. The Morgan fingerprint density at radius 1 is 1.21 bits per heavy atom. The third kappa shape index (κ3) is 4.74. The van der Waals surface area contributed by atoms with E-state index in [0.717, 1.165) is 17.7 Å². The van der Waals surface area contributed by atoms with Crippen molar-refractivity contribution >= 4 is 38.7 Å². The van der Waals surface area contributed by atoms with E-state index in [1.165, 1.54) is 17.6 Å². The lowest BCUT2D eigenvalue weighted by Crippen LogP contribution is -2.42. The summed E-state index contributed by atoms with van der Waals surface area (Å²) in [6, 6.07) is 15.1. The van der Waals surface area contributed by atoms with Crippen molar-refractivity contribution in [1.29, 1.82) is 0 Å². The number of anilines is 2. The third-order valence-electron chi connectivity index (χ3n) is 4.65. The highest BCUT2D eigenvalue weighted by Gasteiger charge is 2.33. The first-order valence-corrected chi connectivity index (χ1v) is 11.2. The van der Waals surface area contributed by atoms with Crippen LogP contribution in [-0.4, -0.2) is 32.4 Å². The van der Waals surface area contributed by atoms with Gasteiger partial charge in [0.2, 0.25) is 10.0 Å². The van der Waals surface area contributed by atoms with E-state index in [1.807, 2.05) is 30.3 Å². The molecule has 1 heterocycles. The molecule has 0 saturated carbocycles. The molecule has 2 N–H and O–H groups in total. The zero-order chi connectivity index (χ0) is 20.5. The monoisotopic (exact) mass is 419 g/mol. The Bertz CT molecular complexity index is 990. The van der Waals surface area contributed by atoms with E-state index in [4.69, 9.17) is 17.0 Å². The molecular formula is C20H25N3O3S2. The highest BCUT2D eigenvalue weighted by Crippen LogP contribution is 2.39. The summed E-state index contributed by atoms with van der Waals surface area (Å²) in [6.45, 7) is 4.11. The number of ether oxygens (including phenoxy) is 1. The van der Waals surface area contributed by atoms with Crippen molar-refractivity contribution in [2.45, 2.75) is 31.9 Å². The number of thiocarbonyl (C=S) groups is 1. The minimum absolute atomic E-state index is 0.0156. The Hall–Kier alpha value is -2.32. The number of hydrogen-bond acceptors (Lipinski definition) is 4. The summed E-state index contributed by atoms with van der Waals surface area (Å²) in [6.07, 6.45) is 1.94. The lowest BCUT2D eigenvalue weighted by molar-refractivity contribution is 0.0697. The molecule has 0 fully saturated rings. The molecule has 0 saturated heterocycles. The summed E-state index contributed by atoms with van der Waals surface area (Å²) < 4.78 is 30.8. The molecule has 0 unspecified atom stereocenters. The summed E-state index contributed by atoms with van der Waals surface area (Å²) in [5.74, 6) is 0.857. The third-order valence-corrected chi connectivity index (χ3v) is 6.07. The average molecular weight is 420 g/mol. The molecule has 2 aromatic rings. The number of para-hydroxylation sites is 1. The number of sulfonamides is 1. The molecule has 6 nitrogen and oxygen atoms in total. The van der Waals surface area contributed by atoms with Crippen LogP contribution in [0.25, 0.3) is 0 Å². The molecule has 0 bridgehead atoms. The molecule has 0 spiro atoms. The van der Waals surface area contributed by atoms with Gasteiger partial charge in [0.1, 0.15) is 11.4 Å². The van der Waals surface area contributed by atoms with Crippen molar-refractivity contribution in [2.75, 3.05) is 22.9 Å². The van der Waals surface area contributed by atoms with Crippen LogP contribution in [0.1, 0.15) is 31.9 Å². The second kappa shape index (κ2) is 7.60. The van der Waals surface area contributed by atoms with E-state index in [2.05, 4.69) is 24.5 Å². The van der Waals surface area contributed by atoms with Crippen molar-refractivity contribution in [1.82, 2.24) is 5.32 Å². The van der Waals surface area contributed by atoms with Gasteiger partial charge in [-0.3, -0.25) is 4.31 Å². The first kappa shape index (κ1) is 20.4. The van der Waals surface area contributed by atoms with E-state index in [1.54, 1.807) is 18.2 Å².